The monoisotopic (exact) mass is 519 g/mol. The summed E-state index contributed by atoms with van der Waals surface area (Å²) in [6.07, 6.45) is 3.94. The van der Waals surface area contributed by atoms with Gasteiger partial charge in [-0.25, -0.2) is 9.29 Å². The highest BCUT2D eigenvalue weighted by molar-refractivity contribution is 9.10. The number of halogens is 3. The molecule has 1 saturated heterocycles. The number of benzene rings is 2. The van der Waals surface area contributed by atoms with Gasteiger partial charge in [0.15, 0.2) is 11.5 Å². The molecule has 2 aromatic rings. The van der Waals surface area contributed by atoms with E-state index in [4.69, 9.17) is 16.3 Å². The summed E-state index contributed by atoms with van der Waals surface area (Å²) in [4.78, 5) is 28.3. The number of rotatable bonds is 4. The molecule has 3 atom stereocenters. The molecule has 3 unspecified atom stereocenters. The molecule has 1 N–H and O–H groups in total. The van der Waals surface area contributed by atoms with Crippen LogP contribution in [0.5, 0.6) is 11.5 Å². The molecule has 0 spiro atoms. The van der Waals surface area contributed by atoms with Crippen LogP contribution in [0.1, 0.15) is 24.8 Å². The third-order valence-corrected chi connectivity index (χ3v) is 7.32. The lowest BCUT2D eigenvalue weighted by molar-refractivity contribution is -0.127. The summed E-state index contributed by atoms with van der Waals surface area (Å²) in [6.45, 7) is 5.66. The van der Waals surface area contributed by atoms with E-state index in [0.29, 0.717) is 16.5 Å². The largest absolute Gasteiger partial charge is 0.503 e. The molecule has 166 valence electrons. The number of hydrogen-bond acceptors (Lipinski definition) is 4. The minimum absolute atomic E-state index is 0.0608. The standard InChI is InChI=1S/C24H20BrClFNO4/c1-4-12-5-7-15-22(30)28(14-6-8-18(27)17(26)11-14)23(31)24(15,2)20(12)13-9-16(25)21(29)19(10-13)32-3/h4-6,8-11,15,20,29H,1,7H2,2-3H3. The van der Waals surface area contributed by atoms with Gasteiger partial charge in [-0.2, -0.15) is 0 Å². The Bertz CT molecular complexity index is 1200. The van der Waals surface area contributed by atoms with Crippen LogP contribution in [0.25, 0.3) is 0 Å². The highest BCUT2D eigenvalue weighted by Crippen LogP contribution is 2.57. The third kappa shape index (κ3) is 3.18. The maximum absolute atomic E-state index is 13.8. The van der Waals surface area contributed by atoms with Gasteiger partial charge >= 0.3 is 0 Å². The van der Waals surface area contributed by atoms with Gasteiger partial charge in [-0.15, -0.1) is 0 Å². The number of methoxy groups -OCH3 is 1. The minimum Gasteiger partial charge on any atom is -0.503 e. The average Bonchev–Trinajstić information content (AvgIpc) is 2.96. The van der Waals surface area contributed by atoms with Gasteiger partial charge in [0.2, 0.25) is 11.8 Å². The number of anilines is 1. The number of allylic oxidation sites excluding steroid dienone is 3. The van der Waals surface area contributed by atoms with Crippen molar-refractivity contribution in [3.63, 3.8) is 0 Å². The van der Waals surface area contributed by atoms with Crippen LogP contribution in [0, 0.1) is 17.2 Å². The second kappa shape index (κ2) is 8.05. The van der Waals surface area contributed by atoms with Crippen molar-refractivity contribution in [1.82, 2.24) is 0 Å². The maximum Gasteiger partial charge on any atom is 0.241 e. The number of carbonyl (C=O) groups is 2. The number of fused-ring (bicyclic) bond motifs is 1. The normalized spacial score (nSPS) is 24.9. The maximum atomic E-state index is 13.8. The van der Waals surface area contributed by atoms with Crippen LogP contribution in [-0.2, 0) is 9.59 Å². The van der Waals surface area contributed by atoms with Gasteiger partial charge in [-0.1, -0.05) is 30.3 Å². The van der Waals surface area contributed by atoms with Gasteiger partial charge in [0.05, 0.1) is 33.6 Å². The molecule has 1 aliphatic heterocycles. The lowest BCUT2D eigenvalue weighted by Gasteiger charge is -2.40. The van der Waals surface area contributed by atoms with E-state index >= 15 is 0 Å². The van der Waals surface area contributed by atoms with E-state index in [9.17, 15) is 19.1 Å². The molecule has 1 fully saturated rings. The number of phenolic OH excluding ortho intramolecular Hbond substituents is 1. The van der Waals surface area contributed by atoms with E-state index in [2.05, 4.69) is 22.5 Å². The number of aromatic hydroxyl groups is 1. The molecule has 0 saturated carbocycles. The predicted octanol–water partition coefficient (Wildman–Crippen LogP) is 5.75. The first kappa shape index (κ1) is 22.6. The van der Waals surface area contributed by atoms with Gasteiger partial charge in [-0.05, 0) is 70.7 Å². The van der Waals surface area contributed by atoms with E-state index in [1.165, 1.54) is 19.2 Å². The first-order chi connectivity index (χ1) is 15.1. The lowest BCUT2D eigenvalue weighted by Crippen LogP contribution is -2.41. The van der Waals surface area contributed by atoms with Crippen molar-refractivity contribution < 1.29 is 23.8 Å². The first-order valence-electron chi connectivity index (χ1n) is 9.87. The molecular weight excluding hydrogens is 501 g/mol. The van der Waals surface area contributed by atoms with Crippen LogP contribution >= 0.6 is 27.5 Å². The fourth-order valence-electron chi connectivity index (χ4n) is 4.82. The zero-order valence-corrected chi connectivity index (χ0v) is 19.7. The molecule has 4 rings (SSSR count). The second-order valence-electron chi connectivity index (χ2n) is 8.04. The van der Waals surface area contributed by atoms with Crippen molar-refractivity contribution in [2.24, 2.45) is 11.3 Å². The SMILES string of the molecule is C=CC1=CCC2C(=O)N(c3ccc(F)c(Cl)c3)C(=O)C2(C)C1c1cc(Br)c(O)c(OC)c1. The van der Waals surface area contributed by atoms with Crippen LogP contribution in [0.2, 0.25) is 5.02 Å². The number of nitrogens with zero attached hydrogens (tertiary/aromatic N) is 1. The molecule has 32 heavy (non-hydrogen) atoms. The van der Waals surface area contributed by atoms with E-state index in [0.717, 1.165) is 16.5 Å². The fraction of sp³-hybridized carbons (Fsp3) is 0.250. The van der Waals surface area contributed by atoms with Gasteiger partial charge in [0.1, 0.15) is 5.82 Å². The molecule has 0 aromatic heterocycles. The summed E-state index contributed by atoms with van der Waals surface area (Å²) in [5.41, 5.74) is 0.566. The summed E-state index contributed by atoms with van der Waals surface area (Å²) >= 11 is 9.26. The Hall–Kier alpha value is -2.64. The number of hydrogen-bond donors (Lipinski definition) is 1. The summed E-state index contributed by atoms with van der Waals surface area (Å²) in [5, 5.41) is 10.1. The highest BCUT2D eigenvalue weighted by atomic mass is 79.9. The molecule has 1 heterocycles. The Labute approximate surface area is 198 Å². The van der Waals surface area contributed by atoms with Gasteiger partial charge in [-0.3, -0.25) is 9.59 Å². The van der Waals surface area contributed by atoms with Crippen LogP contribution < -0.4 is 9.64 Å². The minimum atomic E-state index is -1.14. The zero-order valence-electron chi connectivity index (χ0n) is 17.4. The lowest BCUT2D eigenvalue weighted by atomic mass is 9.60. The highest BCUT2D eigenvalue weighted by Gasteiger charge is 2.62. The Balaban J connectivity index is 1.89. The Morgan fingerprint density at radius 2 is 2.06 bits per heavy atom. The molecule has 5 nitrogen and oxygen atoms in total. The Morgan fingerprint density at radius 1 is 1.34 bits per heavy atom. The van der Waals surface area contributed by atoms with Crippen LogP contribution in [-0.4, -0.2) is 24.0 Å². The summed E-state index contributed by atoms with van der Waals surface area (Å²) in [6, 6.07) is 7.15. The predicted molar refractivity (Wildman–Crippen MR) is 123 cm³/mol. The molecule has 2 amide bonds. The molecule has 0 radical (unpaired) electrons. The van der Waals surface area contributed by atoms with Crippen molar-refractivity contribution in [3.05, 3.63) is 75.5 Å². The van der Waals surface area contributed by atoms with Crippen molar-refractivity contribution in [1.29, 1.82) is 0 Å². The van der Waals surface area contributed by atoms with E-state index in [1.54, 1.807) is 25.1 Å². The van der Waals surface area contributed by atoms with Crippen LogP contribution in [0.15, 0.2) is 59.1 Å². The number of amides is 2. The molecule has 8 heteroatoms. The van der Waals surface area contributed by atoms with Gasteiger partial charge in [0, 0.05) is 5.92 Å². The smallest absolute Gasteiger partial charge is 0.241 e. The topological polar surface area (TPSA) is 66.8 Å². The number of ether oxygens (including phenoxy) is 1. The molecule has 0 bridgehead atoms. The molecule has 2 aromatic carbocycles. The van der Waals surface area contributed by atoms with Gasteiger partial charge in [0.25, 0.3) is 0 Å². The average molecular weight is 521 g/mol. The zero-order chi connectivity index (χ0) is 23.4. The van der Waals surface area contributed by atoms with Crippen molar-refractivity contribution in [3.8, 4) is 11.5 Å². The number of phenols is 1. The van der Waals surface area contributed by atoms with Crippen LogP contribution in [0.4, 0.5) is 10.1 Å². The van der Waals surface area contributed by atoms with Crippen molar-refractivity contribution in [2.75, 3.05) is 12.0 Å². The van der Waals surface area contributed by atoms with E-state index in [1.807, 2.05) is 6.08 Å². The van der Waals surface area contributed by atoms with E-state index < -0.39 is 29.0 Å². The summed E-state index contributed by atoms with van der Waals surface area (Å²) in [7, 11) is 1.44. The molecule has 1 aliphatic carbocycles. The summed E-state index contributed by atoms with van der Waals surface area (Å²) < 4.78 is 19.4. The van der Waals surface area contributed by atoms with E-state index in [-0.39, 0.29) is 28.1 Å². The summed E-state index contributed by atoms with van der Waals surface area (Å²) in [5.74, 6) is -2.39. The van der Waals surface area contributed by atoms with Crippen molar-refractivity contribution in [2.45, 2.75) is 19.3 Å². The number of imide groups is 1. The third-order valence-electron chi connectivity index (χ3n) is 6.43. The Kier molecular flexibility index (Phi) is 5.67. The Morgan fingerprint density at radius 3 is 2.69 bits per heavy atom. The van der Waals surface area contributed by atoms with Crippen molar-refractivity contribution >= 4 is 45.0 Å². The number of carbonyl (C=O) groups excluding carboxylic acids is 2. The molecule has 2 aliphatic rings. The fourth-order valence-corrected chi connectivity index (χ4v) is 5.45. The second-order valence-corrected chi connectivity index (χ2v) is 9.30. The quantitative estimate of drug-likeness (QED) is 0.521. The first-order valence-corrected chi connectivity index (χ1v) is 11.0. The van der Waals surface area contributed by atoms with Crippen LogP contribution in [0.3, 0.4) is 0 Å². The van der Waals surface area contributed by atoms with Gasteiger partial charge < -0.3 is 9.84 Å². The molecular formula is C24H20BrClFNO4.